The molecule has 150 valence electrons. The van der Waals surface area contributed by atoms with Gasteiger partial charge in [-0.15, -0.1) is 0 Å². The molecule has 5 nitrogen and oxygen atoms in total. The summed E-state index contributed by atoms with van der Waals surface area (Å²) in [5, 5.41) is 2.78. The first-order valence-electron chi connectivity index (χ1n) is 9.56. The zero-order valence-corrected chi connectivity index (χ0v) is 17.2. The first-order valence-corrected chi connectivity index (χ1v) is 9.56. The SMILES string of the molecule is CCCOC(=O)c1cccc(NC(=O)C(C)Oc2ccc(C(C)(C)C)cc2)c1. The molecule has 0 heterocycles. The summed E-state index contributed by atoms with van der Waals surface area (Å²) in [7, 11) is 0. The molecule has 0 aliphatic heterocycles. The second-order valence-electron chi connectivity index (χ2n) is 7.74. The fourth-order valence-electron chi connectivity index (χ4n) is 2.54. The van der Waals surface area contributed by atoms with E-state index in [4.69, 9.17) is 9.47 Å². The number of amides is 1. The molecule has 2 aromatic carbocycles. The Morgan fingerprint density at radius 1 is 1.07 bits per heavy atom. The first kappa shape index (κ1) is 21.5. The molecular weight excluding hydrogens is 354 g/mol. The first-order chi connectivity index (χ1) is 13.2. The van der Waals surface area contributed by atoms with E-state index in [-0.39, 0.29) is 11.3 Å². The summed E-state index contributed by atoms with van der Waals surface area (Å²) in [5.74, 6) is -0.0623. The zero-order chi connectivity index (χ0) is 20.7. The van der Waals surface area contributed by atoms with Crippen molar-refractivity contribution in [2.24, 2.45) is 0 Å². The van der Waals surface area contributed by atoms with Gasteiger partial charge in [-0.2, -0.15) is 0 Å². The topological polar surface area (TPSA) is 64.6 Å². The summed E-state index contributed by atoms with van der Waals surface area (Å²) in [6.45, 7) is 10.4. The number of rotatable bonds is 7. The molecule has 5 heteroatoms. The van der Waals surface area contributed by atoms with Gasteiger partial charge in [-0.05, 0) is 54.7 Å². The van der Waals surface area contributed by atoms with Crippen molar-refractivity contribution in [3.63, 3.8) is 0 Å². The van der Waals surface area contributed by atoms with Crippen molar-refractivity contribution in [2.45, 2.75) is 52.6 Å². The highest BCUT2D eigenvalue weighted by molar-refractivity contribution is 5.96. The minimum Gasteiger partial charge on any atom is -0.481 e. The monoisotopic (exact) mass is 383 g/mol. The number of esters is 1. The quantitative estimate of drug-likeness (QED) is 0.687. The van der Waals surface area contributed by atoms with Crippen molar-refractivity contribution in [2.75, 3.05) is 11.9 Å². The maximum atomic E-state index is 12.4. The van der Waals surface area contributed by atoms with Crippen LogP contribution in [0.2, 0.25) is 0 Å². The fourth-order valence-corrected chi connectivity index (χ4v) is 2.54. The van der Waals surface area contributed by atoms with E-state index in [2.05, 4.69) is 26.1 Å². The Kier molecular flexibility index (Phi) is 7.21. The standard InChI is InChI=1S/C23H29NO4/c1-6-14-27-22(26)17-8-7-9-19(15-17)24-21(25)16(2)28-20-12-10-18(11-13-20)23(3,4)5/h7-13,15-16H,6,14H2,1-5H3,(H,24,25). The Balaban J connectivity index is 1.98. The summed E-state index contributed by atoms with van der Waals surface area (Å²) in [4.78, 5) is 24.4. The van der Waals surface area contributed by atoms with Crippen LogP contribution in [-0.2, 0) is 14.9 Å². The summed E-state index contributed by atoms with van der Waals surface area (Å²) in [6.07, 6.45) is 0.0736. The van der Waals surface area contributed by atoms with Gasteiger partial charge in [0, 0.05) is 5.69 Å². The highest BCUT2D eigenvalue weighted by Gasteiger charge is 2.17. The third-order valence-electron chi connectivity index (χ3n) is 4.21. The van der Waals surface area contributed by atoms with Gasteiger partial charge in [0.15, 0.2) is 6.10 Å². The predicted octanol–water partition coefficient (Wildman–Crippen LogP) is 4.96. The zero-order valence-electron chi connectivity index (χ0n) is 17.2. The average molecular weight is 383 g/mol. The smallest absolute Gasteiger partial charge is 0.338 e. The van der Waals surface area contributed by atoms with Crippen LogP contribution in [0.15, 0.2) is 48.5 Å². The second-order valence-corrected chi connectivity index (χ2v) is 7.74. The second kappa shape index (κ2) is 9.40. The lowest BCUT2D eigenvalue weighted by Gasteiger charge is -2.20. The Labute approximate surface area is 167 Å². The number of carbonyl (C=O) groups is 2. The van der Waals surface area contributed by atoms with Crippen molar-refractivity contribution in [1.82, 2.24) is 0 Å². The molecule has 1 unspecified atom stereocenters. The maximum Gasteiger partial charge on any atom is 0.338 e. The Hall–Kier alpha value is -2.82. The molecule has 1 atom stereocenters. The Morgan fingerprint density at radius 3 is 2.36 bits per heavy atom. The van der Waals surface area contributed by atoms with Gasteiger partial charge in [0.05, 0.1) is 12.2 Å². The molecule has 1 amide bonds. The third-order valence-corrected chi connectivity index (χ3v) is 4.21. The van der Waals surface area contributed by atoms with E-state index in [0.29, 0.717) is 23.6 Å². The van der Waals surface area contributed by atoms with Crippen LogP contribution >= 0.6 is 0 Å². The number of anilines is 1. The molecule has 0 bridgehead atoms. The van der Waals surface area contributed by atoms with E-state index in [1.807, 2.05) is 31.2 Å². The van der Waals surface area contributed by atoms with Crippen LogP contribution < -0.4 is 10.1 Å². The number of benzene rings is 2. The van der Waals surface area contributed by atoms with Gasteiger partial charge in [0.2, 0.25) is 0 Å². The van der Waals surface area contributed by atoms with Gasteiger partial charge >= 0.3 is 5.97 Å². The van der Waals surface area contributed by atoms with Crippen molar-refractivity contribution in [1.29, 1.82) is 0 Å². The summed E-state index contributed by atoms with van der Waals surface area (Å²) >= 11 is 0. The Morgan fingerprint density at radius 2 is 1.75 bits per heavy atom. The number of nitrogens with one attached hydrogen (secondary N) is 1. The molecule has 0 spiro atoms. The summed E-state index contributed by atoms with van der Waals surface area (Å²) in [5.41, 5.74) is 2.18. The molecule has 2 aromatic rings. The van der Waals surface area contributed by atoms with E-state index >= 15 is 0 Å². The van der Waals surface area contributed by atoms with Gasteiger partial charge in [-0.1, -0.05) is 45.9 Å². The lowest BCUT2D eigenvalue weighted by molar-refractivity contribution is -0.122. The lowest BCUT2D eigenvalue weighted by Crippen LogP contribution is -2.30. The van der Waals surface area contributed by atoms with Crippen LogP contribution in [0.4, 0.5) is 5.69 Å². The third kappa shape index (κ3) is 6.12. The molecule has 0 aliphatic rings. The molecular formula is C23H29NO4. The van der Waals surface area contributed by atoms with Crippen LogP contribution in [0.5, 0.6) is 5.75 Å². The molecule has 0 aliphatic carbocycles. The summed E-state index contributed by atoms with van der Waals surface area (Å²) in [6, 6.07) is 14.4. The number of hydrogen-bond donors (Lipinski definition) is 1. The summed E-state index contributed by atoms with van der Waals surface area (Å²) < 4.78 is 10.9. The largest absolute Gasteiger partial charge is 0.481 e. The van der Waals surface area contributed by atoms with Crippen molar-refractivity contribution in [3.05, 3.63) is 59.7 Å². The predicted molar refractivity (Wildman–Crippen MR) is 111 cm³/mol. The fraction of sp³-hybridized carbons (Fsp3) is 0.391. The van der Waals surface area contributed by atoms with Crippen molar-refractivity contribution in [3.8, 4) is 5.75 Å². The normalized spacial score (nSPS) is 12.2. The van der Waals surface area contributed by atoms with Crippen LogP contribution in [0.1, 0.15) is 57.0 Å². The average Bonchev–Trinajstić information content (AvgIpc) is 2.66. The molecule has 0 saturated carbocycles. The van der Waals surface area contributed by atoms with Crippen LogP contribution in [0.3, 0.4) is 0 Å². The number of ether oxygens (including phenoxy) is 2. The lowest BCUT2D eigenvalue weighted by atomic mass is 9.87. The van der Waals surface area contributed by atoms with Gasteiger partial charge in [-0.25, -0.2) is 4.79 Å². The van der Waals surface area contributed by atoms with Crippen LogP contribution in [0, 0.1) is 0 Å². The molecule has 0 fully saturated rings. The van der Waals surface area contributed by atoms with Crippen molar-refractivity contribution >= 4 is 17.6 Å². The van der Waals surface area contributed by atoms with E-state index in [1.54, 1.807) is 31.2 Å². The van der Waals surface area contributed by atoms with Gasteiger partial charge < -0.3 is 14.8 Å². The highest BCUT2D eigenvalue weighted by Crippen LogP contribution is 2.24. The molecule has 0 saturated heterocycles. The van der Waals surface area contributed by atoms with Gasteiger partial charge in [0.25, 0.3) is 5.91 Å². The van der Waals surface area contributed by atoms with E-state index in [1.165, 1.54) is 5.56 Å². The van der Waals surface area contributed by atoms with Gasteiger partial charge in [0.1, 0.15) is 5.75 Å². The van der Waals surface area contributed by atoms with Crippen LogP contribution in [0.25, 0.3) is 0 Å². The molecule has 1 N–H and O–H groups in total. The van der Waals surface area contributed by atoms with Crippen molar-refractivity contribution < 1.29 is 19.1 Å². The molecule has 28 heavy (non-hydrogen) atoms. The number of hydrogen-bond acceptors (Lipinski definition) is 4. The number of carbonyl (C=O) groups excluding carboxylic acids is 2. The Bertz CT molecular complexity index is 806. The minimum absolute atomic E-state index is 0.0603. The van der Waals surface area contributed by atoms with E-state index < -0.39 is 12.1 Å². The highest BCUT2D eigenvalue weighted by atomic mass is 16.5. The molecule has 0 aromatic heterocycles. The molecule has 2 rings (SSSR count). The van der Waals surface area contributed by atoms with E-state index in [0.717, 1.165) is 6.42 Å². The van der Waals surface area contributed by atoms with E-state index in [9.17, 15) is 9.59 Å². The van der Waals surface area contributed by atoms with Gasteiger partial charge in [-0.3, -0.25) is 4.79 Å². The van der Waals surface area contributed by atoms with Crippen LogP contribution in [-0.4, -0.2) is 24.6 Å². The minimum atomic E-state index is -0.684. The maximum absolute atomic E-state index is 12.4. The molecule has 0 radical (unpaired) electrons.